The number of hydrogen-bond acceptors (Lipinski definition) is 2. The average Bonchev–Trinajstić information content (AvgIpc) is 2.44. The second-order valence-corrected chi connectivity index (χ2v) is 4.55. The summed E-state index contributed by atoms with van der Waals surface area (Å²) in [6.07, 6.45) is 0. The fraction of sp³-hybridized carbons (Fsp3) is 0.333. The number of carbonyl (C=O) groups is 1. The molecule has 1 aliphatic rings. The van der Waals surface area contributed by atoms with E-state index in [0.717, 1.165) is 11.1 Å². The largest absolute Gasteiger partial charge is 0.298 e. The van der Waals surface area contributed by atoms with Gasteiger partial charge in [-0.3, -0.25) is 9.69 Å². The van der Waals surface area contributed by atoms with Gasteiger partial charge < -0.3 is 0 Å². The highest BCUT2D eigenvalue weighted by Crippen LogP contribution is 2.23. The van der Waals surface area contributed by atoms with Gasteiger partial charge in [0.05, 0.1) is 5.56 Å². The third-order valence-corrected chi connectivity index (χ3v) is 2.87. The maximum atomic E-state index is 12.0. The number of thiocarbonyl (C=S) groups is 1. The molecule has 0 atom stereocenters. The highest BCUT2D eigenvalue weighted by molar-refractivity contribution is 7.80. The summed E-state index contributed by atoms with van der Waals surface area (Å²) in [6.45, 7) is 4.87. The predicted octanol–water partition coefficient (Wildman–Crippen LogP) is 2.47. The first-order valence-electron chi connectivity index (χ1n) is 5.06. The van der Waals surface area contributed by atoms with Gasteiger partial charge >= 0.3 is 0 Å². The normalized spacial score (nSPS) is 15.0. The molecule has 0 radical (unpaired) electrons. The molecule has 0 N–H and O–H groups in total. The van der Waals surface area contributed by atoms with Gasteiger partial charge in [0, 0.05) is 12.1 Å². The maximum Gasteiger partial charge on any atom is 0.259 e. The standard InChI is InChI=1S/C12H13NOS/c1-8(2)7-13-11(14)9-5-3-4-6-10(9)12(13)15/h3-6,8H,7H2,1-2H3. The molecule has 0 fully saturated rings. The smallest absolute Gasteiger partial charge is 0.259 e. The van der Waals surface area contributed by atoms with E-state index >= 15 is 0 Å². The highest BCUT2D eigenvalue weighted by atomic mass is 32.1. The van der Waals surface area contributed by atoms with Crippen LogP contribution in [0.15, 0.2) is 24.3 Å². The molecular weight excluding hydrogens is 206 g/mol. The minimum atomic E-state index is 0.0456. The molecule has 1 aromatic carbocycles. The number of benzene rings is 1. The molecule has 3 heteroatoms. The molecule has 0 bridgehead atoms. The fourth-order valence-electron chi connectivity index (χ4n) is 1.77. The zero-order chi connectivity index (χ0) is 11.0. The molecular formula is C12H13NOS. The Morgan fingerprint density at radius 1 is 1.27 bits per heavy atom. The van der Waals surface area contributed by atoms with Crippen LogP contribution in [0.25, 0.3) is 0 Å². The average molecular weight is 219 g/mol. The maximum absolute atomic E-state index is 12.0. The molecule has 0 aliphatic carbocycles. The number of fused-ring (bicyclic) bond motifs is 1. The van der Waals surface area contributed by atoms with Crippen molar-refractivity contribution >= 4 is 23.1 Å². The number of amides is 1. The SMILES string of the molecule is CC(C)CN1C(=O)c2ccccc2C1=S. The van der Waals surface area contributed by atoms with Gasteiger partial charge in [-0.1, -0.05) is 44.3 Å². The molecule has 1 aromatic rings. The van der Waals surface area contributed by atoms with E-state index < -0.39 is 0 Å². The van der Waals surface area contributed by atoms with Gasteiger partial charge in [0.2, 0.25) is 0 Å². The van der Waals surface area contributed by atoms with Gasteiger partial charge in [-0.2, -0.15) is 0 Å². The van der Waals surface area contributed by atoms with Crippen molar-refractivity contribution in [1.82, 2.24) is 4.90 Å². The summed E-state index contributed by atoms with van der Waals surface area (Å²) >= 11 is 5.30. The topological polar surface area (TPSA) is 20.3 Å². The lowest BCUT2D eigenvalue weighted by molar-refractivity contribution is 0.0851. The van der Waals surface area contributed by atoms with Crippen molar-refractivity contribution in [3.8, 4) is 0 Å². The van der Waals surface area contributed by atoms with Gasteiger partial charge in [-0.05, 0) is 12.0 Å². The summed E-state index contributed by atoms with van der Waals surface area (Å²) in [5, 5.41) is 0. The van der Waals surface area contributed by atoms with Crippen LogP contribution in [0.4, 0.5) is 0 Å². The number of nitrogens with zero attached hydrogens (tertiary/aromatic N) is 1. The molecule has 0 saturated heterocycles. The van der Waals surface area contributed by atoms with Crippen LogP contribution in [-0.4, -0.2) is 22.3 Å². The summed E-state index contributed by atoms with van der Waals surface area (Å²) in [5.41, 5.74) is 1.64. The van der Waals surface area contributed by atoms with Gasteiger partial charge in [0.25, 0.3) is 5.91 Å². The second-order valence-electron chi connectivity index (χ2n) is 4.16. The quantitative estimate of drug-likeness (QED) is 0.712. The van der Waals surface area contributed by atoms with E-state index in [-0.39, 0.29) is 5.91 Å². The molecule has 1 heterocycles. The molecule has 0 aromatic heterocycles. The van der Waals surface area contributed by atoms with Crippen LogP contribution in [0, 0.1) is 5.92 Å². The van der Waals surface area contributed by atoms with E-state index in [1.54, 1.807) is 4.90 Å². The summed E-state index contributed by atoms with van der Waals surface area (Å²) in [4.78, 5) is 14.4. The van der Waals surface area contributed by atoms with Gasteiger partial charge in [0.1, 0.15) is 4.99 Å². The Bertz CT molecular complexity index is 390. The first-order chi connectivity index (χ1) is 7.11. The Labute approximate surface area is 94.9 Å². The minimum absolute atomic E-state index is 0.0456. The monoisotopic (exact) mass is 219 g/mol. The first kappa shape index (κ1) is 10.3. The van der Waals surface area contributed by atoms with Crippen molar-refractivity contribution < 1.29 is 4.79 Å². The van der Waals surface area contributed by atoms with Crippen molar-refractivity contribution in [2.45, 2.75) is 13.8 Å². The van der Waals surface area contributed by atoms with Crippen LogP contribution in [0.1, 0.15) is 29.8 Å². The third-order valence-electron chi connectivity index (χ3n) is 2.43. The van der Waals surface area contributed by atoms with Crippen LogP contribution in [0.2, 0.25) is 0 Å². The van der Waals surface area contributed by atoms with Gasteiger partial charge in [-0.25, -0.2) is 0 Å². The van der Waals surface area contributed by atoms with Crippen molar-refractivity contribution in [2.24, 2.45) is 5.92 Å². The van der Waals surface area contributed by atoms with E-state index in [1.807, 2.05) is 24.3 Å². The second kappa shape index (κ2) is 3.74. The summed E-state index contributed by atoms with van der Waals surface area (Å²) in [5.74, 6) is 0.477. The molecule has 2 rings (SSSR count). The Morgan fingerprint density at radius 2 is 1.87 bits per heavy atom. The number of rotatable bonds is 2. The molecule has 0 unspecified atom stereocenters. The first-order valence-corrected chi connectivity index (χ1v) is 5.47. The molecule has 0 spiro atoms. The number of carbonyl (C=O) groups excluding carboxylic acids is 1. The highest BCUT2D eigenvalue weighted by Gasteiger charge is 2.31. The zero-order valence-electron chi connectivity index (χ0n) is 8.86. The van der Waals surface area contributed by atoms with Crippen LogP contribution in [0.3, 0.4) is 0 Å². The van der Waals surface area contributed by atoms with E-state index in [2.05, 4.69) is 13.8 Å². The molecule has 1 amide bonds. The van der Waals surface area contributed by atoms with E-state index in [0.29, 0.717) is 17.5 Å². The van der Waals surface area contributed by atoms with Crippen molar-refractivity contribution in [3.05, 3.63) is 35.4 Å². The van der Waals surface area contributed by atoms with Crippen molar-refractivity contribution in [1.29, 1.82) is 0 Å². The van der Waals surface area contributed by atoms with E-state index in [1.165, 1.54) is 0 Å². The summed E-state index contributed by atoms with van der Waals surface area (Å²) in [7, 11) is 0. The molecule has 0 saturated carbocycles. The summed E-state index contributed by atoms with van der Waals surface area (Å²) in [6, 6.07) is 7.54. The molecule has 15 heavy (non-hydrogen) atoms. The van der Waals surface area contributed by atoms with E-state index in [9.17, 15) is 4.79 Å². The lowest BCUT2D eigenvalue weighted by Crippen LogP contribution is -2.32. The third kappa shape index (κ3) is 1.67. The molecule has 1 aliphatic heterocycles. The number of hydrogen-bond donors (Lipinski definition) is 0. The fourth-order valence-corrected chi connectivity index (χ4v) is 2.11. The zero-order valence-corrected chi connectivity index (χ0v) is 9.67. The molecule has 78 valence electrons. The van der Waals surface area contributed by atoms with Crippen molar-refractivity contribution in [3.63, 3.8) is 0 Å². The van der Waals surface area contributed by atoms with E-state index in [4.69, 9.17) is 12.2 Å². The van der Waals surface area contributed by atoms with Crippen LogP contribution in [-0.2, 0) is 0 Å². The van der Waals surface area contributed by atoms with Gasteiger partial charge in [-0.15, -0.1) is 0 Å². The Balaban J connectivity index is 2.37. The van der Waals surface area contributed by atoms with Crippen molar-refractivity contribution in [2.75, 3.05) is 6.54 Å². The Hall–Kier alpha value is -1.22. The molecule has 2 nitrogen and oxygen atoms in total. The van der Waals surface area contributed by atoms with Crippen LogP contribution in [0.5, 0.6) is 0 Å². The van der Waals surface area contributed by atoms with Gasteiger partial charge in [0.15, 0.2) is 0 Å². The Kier molecular flexibility index (Phi) is 2.57. The lowest BCUT2D eigenvalue weighted by Gasteiger charge is -2.18. The van der Waals surface area contributed by atoms with Crippen LogP contribution < -0.4 is 0 Å². The lowest BCUT2D eigenvalue weighted by atomic mass is 10.1. The van der Waals surface area contributed by atoms with Crippen LogP contribution >= 0.6 is 12.2 Å². The Morgan fingerprint density at radius 3 is 2.40 bits per heavy atom. The minimum Gasteiger partial charge on any atom is -0.298 e. The summed E-state index contributed by atoms with van der Waals surface area (Å²) < 4.78 is 0. The predicted molar refractivity (Wildman–Crippen MR) is 64.0 cm³/mol.